The van der Waals surface area contributed by atoms with Crippen LogP contribution in [0.5, 0.6) is 0 Å². The average Bonchev–Trinajstić information content (AvgIpc) is 2.62. The Bertz CT molecular complexity index is 361. The van der Waals surface area contributed by atoms with Crippen LogP contribution < -0.4 is 0 Å². The van der Waals surface area contributed by atoms with Crippen molar-refractivity contribution in [3.63, 3.8) is 0 Å². The molecule has 0 amide bonds. The Morgan fingerprint density at radius 1 is 1.38 bits per heavy atom. The summed E-state index contributed by atoms with van der Waals surface area (Å²) >= 11 is 4.15. The molecule has 1 aromatic rings. The smallest absolute Gasteiger partial charge is 0.00858 e. The first-order valence-corrected chi connectivity index (χ1v) is 5.11. The van der Waals surface area contributed by atoms with Crippen molar-refractivity contribution in [3.05, 3.63) is 47.0 Å². The monoisotopic (exact) mass is 188 g/mol. The van der Waals surface area contributed by atoms with Gasteiger partial charge in [0.25, 0.3) is 0 Å². The molecule has 1 heteroatoms. The molecule has 0 aromatic heterocycles. The molecule has 0 aliphatic heterocycles. The van der Waals surface area contributed by atoms with E-state index in [0.717, 1.165) is 12.2 Å². The minimum absolute atomic E-state index is 0.803. The van der Waals surface area contributed by atoms with Crippen molar-refractivity contribution in [2.24, 2.45) is 0 Å². The van der Waals surface area contributed by atoms with Crippen molar-refractivity contribution in [2.45, 2.75) is 6.42 Å². The first-order chi connectivity index (χ1) is 6.42. The van der Waals surface area contributed by atoms with Crippen LogP contribution in [0.15, 0.2) is 30.4 Å². The second kappa shape index (κ2) is 3.84. The van der Waals surface area contributed by atoms with Gasteiger partial charge in [0, 0.05) is 5.75 Å². The maximum absolute atomic E-state index is 4.15. The topological polar surface area (TPSA) is 0 Å². The molecule has 0 N–H and O–H groups in total. The Labute approximate surface area is 84.4 Å². The van der Waals surface area contributed by atoms with Crippen LogP contribution in [-0.4, -0.2) is 5.75 Å². The maximum atomic E-state index is 4.15. The van der Waals surface area contributed by atoms with Crippen LogP contribution in [0, 0.1) is 0 Å². The van der Waals surface area contributed by atoms with Crippen LogP contribution >= 0.6 is 12.6 Å². The molecule has 0 fully saturated rings. The van der Waals surface area contributed by atoms with Gasteiger partial charge in [-0.2, -0.15) is 12.6 Å². The summed E-state index contributed by atoms with van der Waals surface area (Å²) in [6.45, 7) is 0. The largest absolute Gasteiger partial charge is 0.175 e. The number of hydrogen-bond donors (Lipinski definition) is 1. The Hall–Kier alpha value is -0.950. The van der Waals surface area contributed by atoms with Gasteiger partial charge in [-0.1, -0.05) is 42.5 Å². The van der Waals surface area contributed by atoms with Crippen molar-refractivity contribution >= 4 is 24.8 Å². The van der Waals surface area contributed by atoms with Crippen molar-refractivity contribution in [1.29, 1.82) is 0 Å². The third-order valence-corrected chi connectivity index (χ3v) is 2.48. The maximum Gasteiger partial charge on any atom is 0.00858 e. The molecule has 0 saturated heterocycles. The second-order valence-corrected chi connectivity index (χ2v) is 3.47. The Balaban J connectivity index is 2.38. The highest BCUT2D eigenvalue weighted by Crippen LogP contribution is 2.23. The second-order valence-electron chi connectivity index (χ2n) is 3.11. The zero-order chi connectivity index (χ0) is 9.10. The predicted octanol–water partition coefficient (Wildman–Crippen LogP) is 3.20. The van der Waals surface area contributed by atoms with Gasteiger partial charge in [0.2, 0.25) is 0 Å². The molecule has 0 spiro atoms. The number of benzene rings is 1. The van der Waals surface area contributed by atoms with Gasteiger partial charge in [-0.05, 0) is 23.1 Å². The van der Waals surface area contributed by atoms with Gasteiger partial charge in [-0.3, -0.25) is 0 Å². The van der Waals surface area contributed by atoms with Crippen molar-refractivity contribution in [3.8, 4) is 0 Å². The SMILES string of the molecule is SCC=Cc1cccc2c1CC=C2. The summed E-state index contributed by atoms with van der Waals surface area (Å²) in [7, 11) is 0. The lowest BCUT2D eigenvalue weighted by atomic mass is 10.0. The summed E-state index contributed by atoms with van der Waals surface area (Å²) in [6.07, 6.45) is 9.70. The fraction of sp³-hybridized carbons (Fsp3) is 0.167. The van der Waals surface area contributed by atoms with E-state index in [1.165, 1.54) is 16.7 Å². The summed E-state index contributed by atoms with van der Waals surface area (Å²) in [5.74, 6) is 0.803. The molecule has 1 aliphatic rings. The number of allylic oxidation sites excluding steroid dienone is 1. The van der Waals surface area contributed by atoms with Crippen LogP contribution in [0.4, 0.5) is 0 Å². The van der Waals surface area contributed by atoms with E-state index in [1.807, 2.05) is 0 Å². The van der Waals surface area contributed by atoms with Crippen LogP contribution in [0.1, 0.15) is 16.7 Å². The molecular formula is C12H12S. The number of thiol groups is 1. The quantitative estimate of drug-likeness (QED) is 0.677. The van der Waals surface area contributed by atoms with Crippen molar-refractivity contribution in [2.75, 3.05) is 5.75 Å². The third kappa shape index (κ3) is 1.70. The van der Waals surface area contributed by atoms with E-state index in [1.54, 1.807) is 0 Å². The lowest BCUT2D eigenvalue weighted by Gasteiger charge is -2.02. The van der Waals surface area contributed by atoms with E-state index in [-0.39, 0.29) is 0 Å². The molecule has 1 aliphatic carbocycles. The lowest BCUT2D eigenvalue weighted by molar-refractivity contribution is 1.29. The molecule has 0 radical (unpaired) electrons. The molecule has 0 heterocycles. The van der Waals surface area contributed by atoms with Gasteiger partial charge < -0.3 is 0 Å². The third-order valence-electron chi connectivity index (χ3n) is 2.27. The van der Waals surface area contributed by atoms with Crippen LogP contribution in [-0.2, 0) is 6.42 Å². The predicted molar refractivity (Wildman–Crippen MR) is 62.1 cm³/mol. The van der Waals surface area contributed by atoms with E-state index in [9.17, 15) is 0 Å². The van der Waals surface area contributed by atoms with Gasteiger partial charge in [-0.25, -0.2) is 0 Å². The van der Waals surface area contributed by atoms with Crippen molar-refractivity contribution < 1.29 is 0 Å². The molecule has 2 rings (SSSR count). The van der Waals surface area contributed by atoms with Crippen molar-refractivity contribution in [1.82, 2.24) is 0 Å². The molecule has 1 aromatic carbocycles. The van der Waals surface area contributed by atoms with E-state index in [0.29, 0.717) is 0 Å². The minimum Gasteiger partial charge on any atom is -0.175 e. The summed E-state index contributed by atoms with van der Waals surface area (Å²) < 4.78 is 0. The standard InChI is InChI=1S/C12H12S/c13-9-3-7-11-5-1-4-10-6-2-8-12(10)11/h1-7,13H,8-9H2. The summed E-state index contributed by atoms with van der Waals surface area (Å²) in [4.78, 5) is 0. The number of rotatable bonds is 2. The molecule has 0 unspecified atom stereocenters. The van der Waals surface area contributed by atoms with E-state index in [4.69, 9.17) is 0 Å². The molecule has 0 atom stereocenters. The highest BCUT2D eigenvalue weighted by molar-refractivity contribution is 7.80. The summed E-state index contributed by atoms with van der Waals surface area (Å²) in [6, 6.07) is 6.43. The van der Waals surface area contributed by atoms with Gasteiger partial charge >= 0.3 is 0 Å². The highest BCUT2D eigenvalue weighted by atomic mass is 32.1. The minimum atomic E-state index is 0.803. The number of hydrogen-bond acceptors (Lipinski definition) is 1. The number of fused-ring (bicyclic) bond motifs is 1. The zero-order valence-electron chi connectivity index (χ0n) is 7.40. The molecular weight excluding hydrogens is 176 g/mol. The molecule has 0 nitrogen and oxygen atoms in total. The molecule has 66 valence electrons. The van der Waals surface area contributed by atoms with Gasteiger partial charge in [-0.15, -0.1) is 0 Å². The average molecular weight is 188 g/mol. The summed E-state index contributed by atoms with van der Waals surface area (Å²) in [5, 5.41) is 0. The fourth-order valence-electron chi connectivity index (χ4n) is 1.65. The van der Waals surface area contributed by atoms with E-state index in [2.05, 4.69) is 55.1 Å². The lowest BCUT2D eigenvalue weighted by Crippen LogP contribution is -1.86. The molecule has 13 heavy (non-hydrogen) atoms. The Morgan fingerprint density at radius 3 is 3.15 bits per heavy atom. The Kier molecular flexibility index (Phi) is 2.55. The van der Waals surface area contributed by atoms with Gasteiger partial charge in [0.15, 0.2) is 0 Å². The zero-order valence-corrected chi connectivity index (χ0v) is 8.30. The normalized spacial score (nSPS) is 13.9. The van der Waals surface area contributed by atoms with Crippen LogP contribution in [0.3, 0.4) is 0 Å². The van der Waals surface area contributed by atoms with Crippen LogP contribution in [0.25, 0.3) is 12.2 Å². The fourth-order valence-corrected chi connectivity index (χ4v) is 1.76. The first-order valence-electron chi connectivity index (χ1n) is 4.47. The first kappa shape index (κ1) is 8.64. The highest BCUT2D eigenvalue weighted by Gasteiger charge is 2.06. The van der Waals surface area contributed by atoms with Gasteiger partial charge in [0.05, 0.1) is 0 Å². The molecule has 0 saturated carbocycles. The molecule has 0 bridgehead atoms. The summed E-state index contributed by atoms with van der Waals surface area (Å²) in [5.41, 5.74) is 4.14. The van der Waals surface area contributed by atoms with E-state index >= 15 is 0 Å². The van der Waals surface area contributed by atoms with E-state index < -0.39 is 0 Å². The van der Waals surface area contributed by atoms with Crippen LogP contribution in [0.2, 0.25) is 0 Å². The van der Waals surface area contributed by atoms with Gasteiger partial charge in [0.1, 0.15) is 0 Å². The Morgan fingerprint density at radius 2 is 2.31 bits per heavy atom.